The summed E-state index contributed by atoms with van der Waals surface area (Å²) in [5.74, 6) is -7.10. The van der Waals surface area contributed by atoms with Gasteiger partial charge in [0.1, 0.15) is 0 Å². The van der Waals surface area contributed by atoms with Crippen LogP contribution in [0, 0.1) is 0 Å². The number of rotatable bonds is 3. The molecule has 6 heteroatoms. The quantitative estimate of drug-likeness (QED) is 0.802. The Morgan fingerprint density at radius 3 is 2.50 bits per heavy atom. The van der Waals surface area contributed by atoms with Crippen LogP contribution in [-0.4, -0.2) is 24.2 Å². The van der Waals surface area contributed by atoms with Gasteiger partial charge < -0.3 is 9.84 Å². The van der Waals surface area contributed by atoms with Gasteiger partial charge in [0.15, 0.2) is 0 Å². The standard InChI is InChI=1S/C10H8F2O4/c1-16-8(13)6-3-2-4-7(5-6)10(11,12)9(14)15/h2-5H,1H3,(H,14,15). The monoisotopic (exact) mass is 230 g/mol. The summed E-state index contributed by atoms with van der Waals surface area (Å²) in [6.07, 6.45) is 0. The number of hydrogen-bond donors (Lipinski definition) is 1. The highest BCUT2D eigenvalue weighted by Crippen LogP contribution is 2.28. The van der Waals surface area contributed by atoms with E-state index < -0.39 is 23.4 Å². The molecule has 0 radical (unpaired) electrons. The van der Waals surface area contributed by atoms with Crippen molar-refractivity contribution in [3.63, 3.8) is 0 Å². The van der Waals surface area contributed by atoms with Gasteiger partial charge in [0, 0.05) is 5.56 Å². The Morgan fingerprint density at radius 1 is 1.38 bits per heavy atom. The maximum atomic E-state index is 13.1. The Balaban J connectivity index is 3.17. The van der Waals surface area contributed by atoms with Crippen LogP contribution in [0.5, 0.6) is 0 Å². The maximum Gasteiger partial charge on any atom is 0.379 e. The first-order valence-electron chi connectivity index (χ1n) is 4.19. The first-order valence-corrected chi connectivity index (χ1v) is 4.19. The van der Waals surface area contributed by atoms with E-state index in [1.54, 1.807) is 0 Å². The number of carboxylic acid groups (broad SMARTS) is 1. The summed E-state index contributed by atoms with van der Waals surface area (Å²) in [5, 5.41) is 8.32. The lowest BCUT2D eigenvalue weighted by atomic mass is 10.1. The van der Waals surface area contributed by atoms with Crippen LogP contribution in [0.3, 0.4) is 0 Å². The van der Waals surface area contributed by atoms with Crippen molar-refractivity contribution in [2.45, 2.75) is 5.92 Å². The van der Waals surface area contributed by atoms with Gasteiger partial charge in [0.2, 0.25) is 0 Å². The van der Waals surface area contributed by atoms with Crippen molar-refractivity contribution in [2.75, 3.05) is 7.11 Å². The van der Waals surface area contributed by atoms with Gasteiger partial charge in [-0.05, 0) is 12.1 Å². The van der Waals surface area contributed by atoms with Crippen LogP contribution in [0.2, 0.25) is 0 Å². The van der Waals surface area contributed by atoms with Crippen LogP contribution in [-0.2, 0) is 15.5 Å². The van der Waals surface area contributed by atoms with Gasteiger partial charge in [-0.25, -0.2) is 9.59 Å². The highest BCUT2D eigenvalue weighted by atomic mass is 19.3. The fourth-order valence-electron chi connectivity index (χ4n) is 1.08. The van der Waals surface area contributed by atoms with E-state index in [9.17, 15) is 18.4 Å². The average Bonchev–Trinajstić information content (AvgIpc) is 2.28. The molecule has 0 aliphatic carbocycles. The third kappa shape index (κ3) is 2.16. The minimum atomic E-state index is -4.02. The van der Waals surface area contributed by atoms with E-state index in [1.165, 1.54) is 12.1 Å². The second-order valence-electron chi connectivity index (χ2n) is 2.95. The van der Waals surface area contributed by atoms with Gasteiger partial charge in [0.25, 0.3) is 0 Å². The minimum absolute atomic E-state index is 0.124. The number of carboxylic acids is 1. The Kier molecular flexibility index (Phi) is 3.22. The lowest BCUT2D eigenvalue weighted by Crippen LogP contribution is -2.25. The molecule has 0 saturated carbocycles. The Labute approximate surface area is 89.5 Å². The predicted molar refractivity (Wildman–Crippen MR) is 49.3 cm³/mol. The summed E-state index contributed by atoms with van der Waals surface area (Å²) < 4.78 is 30.5. The molecule has 1 aromatic carbocycles. The van der Waals surface area contributed by atoms with E-state index in [0.29, 0.717) is 0 Å². The third-order valence-electron chi connectivity index (χ3n) is 1.91. The summed E-state index contributed by atoms with van der Waals surface area (Å²) in [6.45, 7) is 0. The van der Waals surface area contributed by atoms with Gasteiger partial charge >= 0.3 is 17.9 Å². The zero-order valence-electron chi connectivity index (χ0n) is 8.24. The van der Waals surface area contributed by atoms with Crippen molar-refractivity contribution in [3.8, 4) is 0 Å². The Bertz CT molecular complexity index is 429. The van der Waals surface area contributed by atoms with Crippen LogP contribution >= 0.6 is 0 Å². The number of methoxy groups -OCH3 is 1. The summed E-state index contributed by atoms with van der Waals surface area (Å²) in [6, 6.07) is 4.15. The molecule has 0 aliphatic rings. The molecule has 0 aromatic heterocycles. The van der Waals surface area contributed by atoms with E-state index in [-0.39, 0.29) is 5.56 Å². The van der Waals surface area contributed by atoms with Gasteiger partial charge in [-0.2, -0.15) is 8.78 Å². The van der Waals surface area contributed by atoms with Crippen molar-refractivity contribution < 1.29 is 28.2 Å². The molecule has 1 rings (SSSR count). The van der Waals surface area contributed by atoms with Gasteiger partial charge in [-0.15, -0.1) is 0 Å². The normalized spacial score (nSPS) is 10.9. The average molecular weight is 230 g/mol. The van der Waals surface area contributed by atoms with Crippen LogP contribution in [0.25, 0.3) is 0 Å². The largest absolute Gasteiger partial charge is 0.477 e. The lowest BCUT2D eigenvalue weighted by molar-refractivity contribution is -0.166. The van der Waals surface area contributed by atoms with Crippen molar-refractivity contribution >= 4 is 11.9 Å². The molecule has 0 saturated heterocycles. The van der Waals surface area contributed by atoms with Crippen molar-refractivity contribution in [1.82, 2.24) is 0 Å². The fraction of sp³-hybridized carbons (Fsp3) is 0.200. The summed E-state index contributed by atoms with van der Waals surface area (Å²) >= 11 is 0. The number of halogens is 2. The van der Waals surface area contributed by atoms with E-state index in [1.807, 2.05) is 0 Å². The van der Waals surface area contributed by atoms with Crippen LogP contribution < -0.4 is 0 Å². The molecule has 1 N–H and O–H groups in total. The molecule has 0 aliphatic heterocycles. The molecule has 16 heavy (non-hydrogen) atoms. The van der Waals surface area contributed by atoms with E-state index in [0.717, 1.165) is 19.2 Å². The zero-order valence-corrected chi connectivity index (χ0v) is 8.24. The van der Waals surface area contributed by atoms with Crippen molar-refractivity contribution in [2.24, 2.45) is 0 Å². The molecule has 86 valence electrons. The molecule has 0 bridgehead atoms. The highest BCUT2D eigenvalue weighted by molar-refractivity contribution is 5.90. The number of ether oxygens (including phenoxy) is 1. The smallest absolute Gasteiger partial charge is 0.379 e. The van der Waals surface area contributed by atoms with E-state index in [4.69, 9.17) is 5.11 Å². The first-order chi connectivity index (χ1) is 7.39. The fourth-order valence-corrected chi connectivity index (χ4v) is 1.08. The molecule has 0 spiro atoms. The predicted octanol–water partition coefficient (Wildman–Crippen LogP) is 1.65. The topological polar surface area (TPSA) is 63.6 Å². The SMILES string of the molecule is COC(=O)c1cccc(C(F)(F)C(=O)O)c1. The van der Waals surface area contributed by atoms with Gasteiger partial charge in [-0.3, -0.25) is 0 Å². The highest BCUT2D eigenvalue weighted by Gasteiger charge is 2.41. The van der Waals surface area contributed by atoms with Crippen LogP contribution in [0.1, 0.15) is 15.9 Å². The summed E-state index contributed by atoms with van der Waals surface area (Å²) in [7, 11) is 1.10. The van der Waals surface area contributed by atoms with Crippen LogP contribution in [0.15, 0.2) is 24.3 Å². The second-order valence-corrected chi connectivity index (χ2v) is 2.95. The van der Waals surface area contributed by atoms with Gasteiger partial charge in [0.05, 0.1) is 12.7 Å². The Hall–Kier alpha value is -1.98. The zero-order chi connectivity index (χ0) is 12.3. The molecule has 0 fully saturated rings. The molecule has 0 heterocycles. The number of carbonyl (C=O) groups excluding carboxylic acids is 1. The van der Waals surface area contributed by atoms with Crippen molar-refractivity contribution in [1.29, 1.82) is 0 Å². The van der Waals surface area contributed by atoms with Crippen LogP contribution in [0.4, 0.5) is 8.78 Å². The molecular formula is C10H8F2O4. The summed E-state index contributed by atoms with van der Waals surface area (Å²) in [5.41, 5.74) is -0.885. The van der Waals surface area contributed by atoms with E-state index in [2.05, 4.69) is 4.74 Å². The number of hydrogen-bond acceptors (Lipinski definition) is 3. The molecule has 1 aromatic rings. The molecule has 4 nitrogen and oxygen atoms in total. The van der Waals surface area contributed by atoms with Crippen molar-refractivity contribution in [3.05, 3.63) is 35.4 Å². The second kappa shape index (κ2) is 4.26. The molecule has 0 amide bonds. The first kappa shape index (κ1) is 12.1. The summed E-state index contributed by atoms with van der Waals surface area (Å²) in [4.78, 5) is 21.4. The number of alkyl halides is 2. The van der Waals surface area contributed by atoms with E-state index >= 15 is 0 Å². The molecular weight excluding hydrogens is 222 g/mol. The third-order valence-corrected chi connectivity index (χ3v) is 1.91. The molecule has 0 unspecified atom stereocenters. The van der Waals surface area contributed by atoms with Gasteiger partial charge in [-0.1, -0.05) is 12.1 Å². The maximum absolute atomic E-state index is 13.1. The molecule has 0 atom stereocenters. The Morgan fingerprint density at radius 2 is 2.00 bits per heavy atom. The number of aliphatic carboxylic acids is 1. The lowest BCUT2D eigenvalue weighted by Gasteiger charge is -2.11. The number of esters is 1. The number of carbonyl (C=O) groups is 2. The minimum Gasteiger partial charge on any atom is -0.477 e. The number of benzene rings is 1.